The van der Waals surface area contributed by atoms with Crippen LogP contribution >= 0.6 is 0 Å². The quantitative estimate of drug-likeness (QED) is 0.622. The van der Waals surface area contributed by atoms with E-state index < -0.39 is 0 Å². The van der Waals surface area contributed by atoms with Gasteiger partial charge >= 0.3 is 0 Å². The van der Waals surface area contributed by atoms with Crippen LogP contribution in [0.5, 0.6) is 0 Å². The Morgan fingerprint density at radius 3 is 2.77 bits per heavy atom. The number of carbonyl (C=O) groups excluding carboxylic acids is 1. The molecule has 2 fully saturated rings. The molecule has 0 N–H and O–H groups in total. The maximum atomic E-state index is 11.7. The van der Waals surface area contributed by atoms with Gasteiger partial charge < -0.3 is 4.74 Å². The summed E-state index contributed by atoms with van der Waals surface area (Å²) in [5.74, 6) is 0.509. The first-order valence-corrected chi connectivity index (χ1v) is 4.99. The Balaban J connectivity index is 1.95. The lowest BCUT2D eigenvalue weighted by Crippen LogP contribution is -2.25. The fourth-order valence-electron chi connectivity index (χ4n) is 2.41. The normalized spacial score (nSPS) is 36.5. The fourth-order valence-corrected chi connectivity index (χ4v) is 2.41. The topological polar surface area (TPSA) is 26.3 Å². The van der Waals surface area contributed by atoms with Gasteiger partial charge in [-0.1, -0.05) is 12.2 Å². The van der Waals surface area contributed by atoms with Crippen molar-refractivity contribution in [2.75, 3.05) is 0 Å². The zero-order valence-electron chi connectivity index (χ0n) is 8.08. The van der Waals surface area contributed by atoms with Gasteiger partial charge in [-0.05, 0) is 26.2 Å². The standard InChI is InChI=1S/C11H16O2/c1-7(2)5-10(12)9-6-8-3-4-11(9)13-8/h8-9,11H,1,3-6H2,2H3. The van der Waals surface area contributed by atoms with E-state index in [2.05, 4.69) is 6.58 Å². The van der Waals surface area contributed by atoms with E-state index in [-0.39, 0.29) is 12.0 Å². The van der Waals surface area contributed by atoms with Crippen LogP contribution in [0.3, 0.4) is 0 Å². The summed E-state index contributed by atoms with van der Waals surface area (Å²) in [6.45, 7) is 5.68. The molecule has 0 aliphatic carbocycles. The SMILES string of the molecule is C=C(C)CC(=O)C1CC2CCC1O2. The molecule has 2 aliphatic rings. The molecule has 0 radical (unpaired) electrons. The molecule has 0 spiro atoms. The monoisotopic (exact) mass is 180 g/mol. The molecule has 3 atom stereocenters. The van der Waals surface area contributed by atoms with Crippen molar-refractivity contribution >= 4 is 5.78 Å². The highest BCUT2D eigenvalue weighted by Gasteiger charge is 2.43. The Morgan fingerprint density at radius 2 is 2.31 bits per heavy atom. The van der Waals surface area contributed by atoms with Crippen molar-refractivity contribution in [2.45, 2.75) is 44.8 Å². The number of hydrogen-bond donors (Lipinski definition) is 0. The Morgan fingerprint density at radius 1 is 1.54 bits per heavy atom. The maximum Gasteiger partial charge on any atom is 0.142 e. The molecule has 2 nitrogen and oxygen atoms in total. The largest absolute Gasteiger partial charge is 0.374 e. The molecule has 3 unspecified atom stereocenters. The molecular weight excluding hydrogens is 164 g/mol. The third-order valence-corrected chi connectivity index (χ3v) is 3.00. The smallest absolute Gasteiger partial charge is 0.142 e. The lowest BCUT2D eigenvalue weighted by atomic mass is 9.84. The number of ether oxygens (including phenoxy) is 1. The van der Waals surface area contributed by atoms with Gasteiger partial charge in [-0.15, -0.1) is 0 Å². The van der Waals surface area contributed by atoms with E-state index in [1.165, 1.54) is 0 Å². The van der Waals surface area contributed by atoms with Gasteiger partial charge in [-0.25, -0.2) is 0 Å². The second-order valence-electron chi connectivity index (χ2n) is 4.32. The molecule has 72 valence electrons. The number of Topliss-reactive ketones (excluding diaryl/α,β-unsaturated/α-hetero) is 1. The predicted octanol–water partition coefficient (Wildman–Crippen LogP) is 2.09. The van der Waals surface area contributed by atoms with Gasteiger partial charge in [-0.3, -0.25) is 4.79 Å². The van der Waals surface area contributed by atoms with Crippen molar-refractivity contribution in [1.82, 2.24) is 0 Å². The van der Waals surface area contributed by atoms with Crippen molar-refractivity contribution in [1.29, 1.82) is 0 Å². The van der Waals surface area contributed by atoms with Crippen molar-refractivity contribution in [2.24, 2.45) is 5.92 Å². The highest BCUT2D eigenvalue weighted by atomic mass is 16.5. The lowest BCUT2D eigenvalue weighted by molar-refractivity contribution is -0.123. The number of rotatable bonds is 3. The van der Waals surface area contributed by atoms with E-state index >= 15 is 0 Å². The van der Waals surface area contributed by atoms with Crippen molar-refractivity contribution in [3.8, 4) is 0 Å². The average molecular weight is 180 g/mol. The molecule has 2 heteroatoms. The van der Waals surface area contributed by atoms with Gasteiger partial charge in [-0.2, -0.15) is 0 Å². The molecule has 0 aromatic carbocycles. The maximum absolute atomic E-state index is 11.7. The summed E-state index contributed by atoms with van der Waals surface area (Å²) in [5, 5.41) is 0. The van der Waals surface area contributed by atoms with Gasteiger partial charge in [0.05, 0.1) is 12.2 Å². The summed E-state index contributed by atoms with van der Waals surface area (Å²) in [5.41, 5.74) is 0.966. The van der Waals surface area contributed by atoms with Gasteiger partial charge in [0.1, 0.15) is 5.78 Å². The first kappa shape index (κ1) is 8.95. The van der Waals surface area contributed by atoms with Crippen LogP contribution in [0.2, 0.25) is 0 Å². The van der Waals surface area contributed by atoms with Crippen molar-refractivity contribution in [3.63, 3.8) is 0 Å². The third kappa shape index (κ3) is 1.68. The van der Waals surface area contributed by atoms with Gasteiger partial charge in [0.2, 0.25) is 0 Å². The molecule has 13 heavy (non-hydrogen) atoms. The van der Waals surface area contributed by atoms with Crippen LogP contribution in [0.1, 0.15) is 32.6 Å². The second-order valence-corrected chi connectivity index (χ2v) is 4.32. The summed E-state index contributed by atoms with van der Waals surface area (Å²) in [7, 11) is 0. The summed E-state index contributed by atoms with van der Waals surface area (Å²) in [6.07, 6.45) is 4.34. The number of allylic oxidation sites excluding steroid dienone is 1. The van der Waals surface area contributed by atoms with Gasteiger partial charge in [0.25, 0.3) is 0 Å². The number of fused-ring (bicyclic) bond motifs is 2. The van der Waals surface area contributed by atoms with E-state index in [9.17, 15) is 4.79 Å². The molecular formula is C11H16O2. The third-order valence-electron chi connectivity index (χ3n) is 3.00. The first-order valence-electron chi connectivity index (χ1n) is 4.99. The molecule has 0 aromatic rings. The average Bonchev–Trinajstić information content (AvgIpc) is 2.62. The predicted molar refractivity (Wildman–Crippen MR) is 50.4 cm³/mol. The molecule has 2 aliphatic heterocycles. The molecule has 2 bridgehead atoms. The zero-order valence-corrected chi connectivity index (χ0v) is 8.08. The van der Waals surface area contributed by atoms with Gasteiger partial charge in [0, 0.05) is 12.3 Å². The van der Waals surface area contributed by atoms with Crippen LogP contribution in [0.25, 0.3) is 0 Å². The van der Waals surface area contributed by atoms with E-state index in [0.717, 1.165) is 24.8 Å². The van der Waals surface area contributed by atoms with Crippen LogP contribution < -0.4 is 0 Å². The molecule has 0 saturated carbocycles. The minimum absolute atomic E-state index is 0.176. The molecule has 0 amide bonds. The zero-order chi connectivity index (χ0) is 9.42. The minimum atomic E-state index is 0.176. The minimum Gasteiger partial charge on any atom is -0.374 e. The Labute approximate surface area is 79.0 Å². The Hall–Kier alpha value is -0.630. The van der Waals surface area contributed by atoms with Crippen LogP contribution in [-0.4, -0.2) is 18.0 Å². The number of carbonyl (C=O) groups is 1. The summed E-state index contributed by atoms with van der Waals surface area (Å²) < 4.78 is 5.64. The van der Waals surface area contributed by atoms with E-state index in [1.54, 1.807) is 0 Å². The summed E-state index contributed by atoms with van der Waals surface area (Å²) in [4.78, 5) is 11.7. The van der Waals surface area contributed by atoms with Crippen LogP contribution in [-0.2, 0) is 9.53 Å². The molecule has 2 heterocycles. The van der Waals surface area contributed by atoms with Crippen LogP contribution in [0.15, 0.2) is 12.2 Å². The molecule has 2 rings (SSSR count). The summed E-state index contributed by atoms with van der Waals surface area (Å²) in [6, 6.07) is 0. The van der Waals surface area contributed by atoms with E-state index in [0.29, 0.717) is 18.3 Å². The van der Waals surface area contributed by atoms with E-state index in [4.69, 9.17) is 4.74 Å². The van der Waals surface area contributed by atoms with Gasteiger partial charge in [0.15, 0.2) is 0 Å². The Kier molecular flexibility index (Phi) is 2.24. The second kappa shape index (κ2) is 3.26. The van der Waals surface area contributed by atoms with E-state index in [1.807, 2.05) is 6.92 Å². The van der Waals surface area contributed by atoms with Crippen molar-refractivity contribution < 1.29 is 9.53 Å². The lowest BCUT2D eigenvalue weighted by Gasteiger charge is -2.16. The van der Waals surface area contributed by atoms with Crippen LogP contribution in [0, 0.1) is 5.92 Å². The fraction of sp³-hybridized carbons (Fsp3) is 0.727. The Bertz CT molecular complexity index is 244. The molecule has 0 aromatic heterocycles. The number of hydrogen-bond acceptors (Lipinski definition) is 2. The first-order chi connectivity index (χ1) is 6.16. The van der Waals surface area contributed by atoms with Crippen molar-refractivity contribution in [3.05, 3.63) is 12.2 Å². The number of ketones is 1. The highest BCUT2D eigenvalue weighted by Crippen LogP contribution is 2.39. The molecule has 2 saturated heterocycles. The van der Waals surface area contributed by atoms with Crippen LogP contribution in [0.4, 0.5) is 0 Å². The highest BCUT2D eigenvalue weighted by molar-refractivity contribution is 5.84. The summed E-state index contributed by atoms with van der Waals surface area (Å²) >= 11 is 0.